The number of hydrogen-bond acceptors (Lipinski definition) is 7. The number of thioether (sulfide) groups is 2. The van der Waals surface area contributed by atoms with Crippen LogP contribution in [0.15, 0.2) is 54.3 Å². The first kappa shape index (κ1) is 24.7. The van der Waals surface area contributed by atoms with E-state index in [-0.39, 0.29) is 35.1 Å². The van der Waals surface area contributed by atoms with Gasteiger partial charge in [-0.05, 0) is 46.8 Å². The van der Waals surface area contributed by atoms with Crippen molar-refractivity contribution in [3.05, 3.63) is 59.9 Å². The highest BCUT2D eigenvalue weighted by Gasteiger charge is 2.41. The second-order valence-electron chi connectivity index (χ2n) is 7.96. The molecule has 172 valence electrons. The summed E-state index contributed by atoms with van der Waals surface area (Å²) in [6.45, 7) is 0. The van der Waals surface area contributed by atoms with E-state index in [0.29, 0.717) is 18.6 Å². The van der Waals surface area contributed by atoms with E-state index < -0.39 is 6.10 Å². The molecule has 3 atom stereocenters. The van der Waals surface area contributed by atoms with Crippen LogP contribution in [-0.2, 0) is 20.7 Å². The molecular formula is C25H30O5S2. The first-order valence-electron chi connectivity index (χ1n) is 10.8. The molecule has 0 heterocycles. The fourth-order valence-electron chi connectivity index (χ4n) is 3.90. The summed E-state index contributed by atoms with van der Waals surface area (Å²) < 4.78 is 4.62. The third-order valence-corrected chi connectivity index (χ3v) is 8.13. The Morgan fingerprint density at radius 2 is 1.97 bits per heavy atom. The maximum atomic E-state index is 12.4. The Morgan fingerprint density at radius 3 is 2.75 bits per heavy atom. The smallest absolute Gasteiger partial charge is 0.315 e. The van der Waals surface area contributed by atoms with E-state index in [1.807, 2.05) is 24.3 Å². The number of ether oxygens (including phenoxy) is 1. The molecule has 1 aliphatic carbocycles. The van der Waals surface area contributed by atoms with Gasteiger partial charge in [-0.2, -0.15) is 23.5 Å². The lowest BCUT2D eigenvalue weighted by molar-refractivity contribution is -0.137. The number of benzene rings is 2. The van der Waals surface area contributed by atoms with Crippen LogP contribution in [0, 0.1) is 5.92 Å². The minimum atomic E-state index is -0.668. The van der Waals surface area contributed by atoms with E-state index in [2.05, 4.69) is 22.9 Å². The van der Waals surface area contributed by atoms with Crippen molar-refractivity contribution in [2.45, 2.75) is 37.0 Å². The Labute approximate surface area is 197 Å². The van der Waals surface area contributed by atoms with Crippen LogP contribution >= 0.6 is 23.5 Å². The lowest BCUT2D eigenvalue weighted by atomic mass is 9.99. The van der Waals surface area contributed by atoms with Crippen molar-refractivity contribution in [2.75, 3.05) is 24.4 Å². The number of rotatable bonds is 11. The number of fused-ring (bicyclic) bond motifs is 1. The van der Waals surface area contributed by atoms with E-state index >= 15 is 0 Å². The molecule has 0 aromatic heterocycles. The standard InChI is InChI=1S/C25H30O5S2/c1-30-24(29)16-31-11-4-12-32-25-21(22(27)15-23(25)28)10-9-20(26)14-17-7-8-18-5-2-3-6-19(18)13-17/h2-3,5-9,13,21-22,25-27H,4,10-12,14-16H2,1H3/b20-9-/t21-,22-,25-/m1/s1. The van der Waals surface area contributed by atoms with Gasteiger partial charge in [0, 0.05) is 18.8 Å². The summed E-state index contributed by atoms with van der Waals surface area (Å²) >= 11 is 3.10. The second kappa shape index (κ2) is 12.3. The van der Waals surface area contributed by atoms with Crippen LogP contribution in [0.2, 0.25) is 0 Å². The Balaban J connectivity index is 1.50. The molecule has 0 amide bonds. The van der Waals surface area contributed by atoms with Crippen molar-refractivity contribution >= 4 is 46.0 Å². The van der Waals surface area contributed by atoms with Gasteiger partial charge < -0.3 is 14.9 Å². The first-order valence-corrected chi connectivity index (χ1v) is 13.0. The number of esters is 1. The first-order chi connectivity index (χ1) is 15.5. The Kier molecular flexibility index (Phi) is 9.51. The highest BCUT2D eigenvalue weighted by atomic mass is 32.2. The molecule has 2 N–H and O–H groups in total. The minimum absolute atomic E-state index is 0.0807. The van der Waals surface area contributed by atoms with Crippen LogP contribution in [0.1, 0.15) is 24.8 Å². The summed E-state index contributed by atoms with van der Waals surface area (Å²) in [5.74, 6) is 1.88. The van der Waals surface area contributed by atoms with Gasteiger partial charge in [-0.25, -0.2) is 0 Å². The number of hydrogen-bond donors (Lipinski definition) is 2. The van der Waals surface area contributed by atoms with E-state index in [1.54, 1.807) is 17.8 Å². The van der Waals surface area contributed by atoms with Gasteiger partial charge in [-0.15, -0.1) is 0 Å². The molecule has 7 heteroatoms. The number of aliphatic hydroxyl groups is 2. The van der Waals surface area contributed by atoms with Crippen LogP contribution in [0.3, 0.4) is 0 Å². The summed E-state index contributed by atoms with van der Waals surface area (Å²) in [5, 5.41) is 22.9. The molecular weight excluding hydrogens is 444 g/mol. The fourth-order valence-corrected chi connectivity index (χ4v) is 6.25. The lowest BCUT2D eigenvalue weighted by Crippen LogP contribution is -2.23. The van der Waals surface area contributed by atoms with Gasteiger partial charge in [-0.3, -0.25) is 9.59 Å². The largest absolute Gasteiger partial charge is 0.512 e. The molecule has 5 nitrogen and oxygen atoms in total. The summed E-state index contributed by atoms with van der Waals surface area (Å²) in [7, 11) is 1.38. The van der Waals surface area contributed by atoms with Crippen LogP contribution in [0.5, 0.6) is 0 Å². The van der Waals surface area contributed by atoms with Crippen molar-refractivity contribution < 1.29 is 24.5 Å². The van der Waals surface area contributed by atoms with Crippen LogP contribution in [-0.4, -0.2) is 57.7 Å². The molecule has 0 aliphatic heterocycles. The monoisotopic (exact) mass is 474 g/mol. The lowest BCUT2D eigenvalue weighted by Gasteiger charge is -2.19. The summed E-state index contributed by atoms with van der Waals surface area (Å²) in [5.41, 5.74) is 1.02. The molecule has 1 aliphatic rings. The molecule has 1 fully saturated rings. The van der Waals surface area contributed by atoms with Gasteiger partial charge in [0.05, 0.1) is 30.0 Å². The van der Waals surface area contributed by atoms with Crippen LogP contribution < -0.4 is 0 Å². The Bertz CT molecular complexity index is 958. The maximum absolute atomic E-state index is 12.4. The minimum Gasteiger partial charge on any atom is -0.512 e. The van der Waals surface area contributed by atoms with Crippen molar-refractivity contribution in [1.82, 2.24) is 0 Å². The highest BCUT2D eigenvalue weighted by Crippen LogP contribution is 2.36. The molecule has 2 aromatic rings. The predicted molar refractivity (Wildman–Crippen MR) is 132 cm³/mol. The third kappa shape index (κ3) is 7.02. The molecule has 1 saturated carbocycles. The number of ketones is 1. The number of Topliss-reactive ketones (excluding diaryl/α,β-unsaturated/α-hetero) is 1. The average molecular weight is 475 g/mol. The van der Waals surface area contributed by atoms with Crippen molar-refractivity contribution in [1.29, 1.82) is 0 Å². The average Bonchev–Trinajstić information content (AvgIpc) is 3.06. The van der Waals surface area contributed by atoms with E-state index in [0.717, 1.165) is 34.3 Å². The predicted octanol–water partition coefficient (Wildman–Crippen LogP) is 4.56. The van der Waals surface area contributed by atoms with E-state index in [4.69, 9.17) is 0 Å². The van der Waals surface area contributed by atoms with Gasteiger partial charge >= 0.3 is 5.97 Å². The third-order valence-electron chi connectivity index (χ3n) is 5.61. The Hall–Kier alpha value is -1.96. The topological polar surface area (TPSA) is 83.8 Å². The van der Waals surface area contributed by atoms with Gasteiger partial charge in [0.1, 0.15) is 5.78 Å². The number of allylic oxidation sites excluding steroid dienone is 2. The number of methoxy groups -OCH3 is 1. The van der Waals surface area contributed by atoms with Crippen LogP contribution in [0.4, 0.5) is 0 Å². The SMILES string of the molecule is COC(=O)CSCCCS[C@H]1C(=O)C[C@@H](O)[C@H]1C/C=C(\O)Cc1ccc2ccccc2c1. The molecule has 3 rings (SSSR count). The molecule has 2 aromatic carbocycles. The highest BCUT2D eigenvalue weighted by molar-refractivity contribution is 8.01. The zero-order chi connectivity index (χ0) is 22.9. The molecule has 0 spiro atoms. The summed E-state index contributed by atoms with van der Waals surface area (Å²) in [6.07, 6.45) is 3.04. The molecule has 0 radical (unpaired) electrons. The maximum Gasteiger partial charge on any atom is 0.315 e. The quantitative estimate of drug-likeness (QED) is 0.281. The zero-order valence-corrected chi connectivity index (χ0v) is 19.9. The fraction of sp³-hybridized carbons (Fsp3) is 0.440. The molecule has 0 bridgehead atoms. The second-order valence-corrected chi connectivity index (χ2v) is 10.3. The van der Waals surface area contributed by atoms with Crippen LogP contribution in [0.25, 0.3) is 10.8 Å². The van der Waals surface area contributed by atoms with Crippen molar-refractivity contribution in [3.8, 4) is 0 Å². The molecule has 0 unspecified atom stereocenters. The summed E-state index contributed by atoms with van der Waals surface area (Å²) in [4.78, 5) is 23.5. The zero-order valence-electron chi connectivity index (χ0n) is 18.2. The van der Waals surface area contributed by atoms with E-state index in [1.165, 1.54) is 18.9 Å². The van der Waals surface area contributed by atoms with E-state index in [9.17, 15) is 19.8 Å². The number of aliphatic hydroxyl groups excluding tert-OH is 2. The van der Waals surface area contributed by atoms with Gasteiger partial charge in [0.15, 0.2) is 0 Å². The Morgan fingerprint density at radius 1 is 1.19 bits per heavy atom. The van der Waals surface area contributed by atoms with Crippen molar-refractivity contribution in [3.63, 3.8) is 0 Å². The van der Waals surface area contributed by atoms with Crippen molar-refractivity contribution in [2.24, 2.45) is 5.92 Å². The number of carbonyl (C=O) groups is 2. The number of carbonyl (C=O) groups excluding carboxylic acids is 2. The molecule has 32 heavy (non-hydrogen) atoms. The molecule has 0 saturated heterocycles. The van der Waals surface area contributed by atoms with Gasteiger partial charge in [0.25, 0.3) is 0 Å². The summed E-state index contributed by atoms with van der Waals surface area (Å²) in [6, 6.07) is 14.2. The van der Waals surface area contributed by atoms with Gasteiger partial charge in [0.2, 0.25) is 0 Å². The normalized spacial score (nSPS) is 21.2. The van der Waals surface area contributed by atoms with Gasteiger partial charge in [-0.1, -0.05) is 42.5 Å².